The number of alkyl halides is 1. The van der Waals surface area contributed by atoms with Gasteiger partial charge in [-0.2, -0.15) is 8.42 Å². The maximum atomic E-state index is 15.0. The number of ether oxygens (including phenoxy) is 12. The summed E-state index contributed by atoms with van der Waals surface area (Å²) >= 11 is 0. The Bertz CT molecular complexity index is 3260. The highest BCUT2D eigenvalue weighted by Gasteiger charge is 2.45. The summed E-state index contributed by atoms with van der Waals surface area (Å²) in [4.78, 5) is 52.0. The van der Waals surface area contributed by atoms with Crippen molar-refractivity contribution in [3.05, 3.63) is 75.2 Å². The highest BCUT2D eigenvalue weighted by atomic mass is 32.2. The van der Waals surface area contributed by atoms with E-state index in [4.69, 9.17) is 61.0 Å². The van der Waals surface area contributed by atoms with Crippen LogP contribution in [0.3, 0.4) is 0 Å². The van der Waals surface area contributed by atoms with Crippen LogP contribution < -0.4 is 0 Å². The van der Waals surface area contributed by atoms with Gasteiger partial charge in [0.1, 0.15) is 25.9 Å². The number of Topliss-reactive ketones (excluding diaryl/α,β-unsaturated/α-hetero) is 4. The topological polar surface area (TPSA) is 263 Å². The van der Waals surface area contributed by atoms with Crippen LogP contribution in [0.25, 0.3) is 0 Å². The molecule has 0 spiro atoms. The van der Waals surface area contributed by atoms with Gasteiger partial charge in [0.15, 0.2) is 0 Å². The molecule has 21 nitrogen and oxygen atoms in total. The Morgan fingerprint density at radius 2 is 0.658 bits per heavy atom. The third-order valence-corrected chi connectivity index (χ3v) is 26.3. The summed E-state index contributed by atoms with van der Waals surface area (Å²) in [5, 5.41) is 21.5. The van der Waals surface area contributed by atoms with Crippen molar-refractivity contribution in [1.82, 2.24) is 0 Å². The Balaban J connectivity index is 0.000000433. The Labute approximate surface area is 724 Å². The van der Waals surface area contributed by atoms with Crippen LogP contribution in [0.5, 0.6) is 0 Å². The third kappa shape index (κ3) is 36.5. The SMILES string of the molecule is CC.CCCCCCCCCC[C@H](O)[C@@H]1CC[C@@H]([C@@H]2CC[C@@H](C(O)CCCCCCCCCCCCC([18F])C3=C(C)C(=O)C(OC)=C(OC)C3=O)O2)O1.CCCCCCCCCC[C@H](OCOC)[C@@H]1CC[C@@H]([C@@H]2CC[C@@H](C(CCCCCCCCCCCCC(OS(=O)(=O)c3ccc(C)cc3)C3=C(C)C(=O)C(OC)=C(OC)C3=O)OCOC)O2)O1. The molecule has 4 unspecified atom stereocenters. The zero-order chi connectivity index (χ0) is 87.5. The van der Waals surface area contributed by atoms with Crippen LogP contribution in [-0.4, -0.2) is 184 Å². The zero-order valence-electron chi connectivity index (χ0n) is 76.6. The minimum absolute atomic E-state index is 0.00660. The van der Waals surface area contributed by atoms with Crippen molar-refractivity contribution in [2.75, 3.05) is 56.2 Å². The van der Waals surface area contributed by atoms with Gasteiger partial charge < -0.3 is 67.1 Å². The lowest BCUT2D eigenvalue weighted by atomic mass is 9.87. The molecule has 6 aliphatic rings. The molecule has 0 radical (unpaired) electrons. The fourth-order valence-corrected chi connectivity index (χ4v) is 19.0. The Morgan fingerprint density at radius 1 is 0.375 bits per heavy atom. The number of allylic oxidation sites excluding steroid dienone is 4. The number of hydrogen-bond acceptors (Lipinski definition) is 21. The van der Waals surface area contributed by atoms with Crippen LogP contribution in [0.4, 0.5) is 4.39 Å². The van der Waals surface area contributed by atoms with Gasteiger partial charge in [-0.15, -0.1) is 0 Å². The molecule has 4 saturated heterocycles. The summed E-state index contributed by atoms with van der Waals surface area (Å²) in [6, 6.07) is 6.33. The lowest BCUT2D eigenvalue weighted by Gasteiger charge is -2.27. The van der Waals surface area contributed by atoms with Crippen molar-refractivity contribution in [2.24, 2.45) is 0 Å². The molecule has 4 aliphatic heterocycles. The van der Waals surface area contributed by atoms with Crippen molar-refractivity contribution < 1.29 is 103 Å². The van der Waals surface area contributed by atoms with Crippen LogP contribution in [0.15, 0.2) is 74.5 Å². The van der Waals surface area contributed by atoms with Gasteiger partial charge in [0.25, 0.3) is 10.1 Å². The van der Waals surface area contributed by atoms with Gasteiger partial charge in [0.05, 0.1) is 107 Å². The van der Waals surface area contributed by atoms with Crippen LogP contribution in [0, 0.1) is 6.92 Å². The first-order chi connectivity index (χ1) is 58.2. The molecule has 4 heterocycles. The number of aliphatic hydroxyl groups excluding tert-OH is 2. The van der Waals surface area contributed by atoms with Gasteiger partial charge in [0.2, 0.25) is 46.2 Å². The maximum Gasteiger partial charge on any atom is 0.297 e. The predicted molar refractivity (Wildman–Crippen MR) is 469 cm³/mol. The minimum Gasteiger partial charge on any atom is -0.489 e. The molecule has 1 aromatic rings. The number of methoxy groups -OCH3 is 6. The highest BCUT2D eigenvalue weighted by Crippen LogP contribution is 2.40. The van der Waals surface area contributed by atoms with Gasteiger partial charge in [-0.05, 0) is 123 Å². The average molecular weight is 1720 g/mol. The molecule has 690 valence electrons. The first kappa shape index (κ1) is 106. The number of rotatable bonds is 65. The van der Waals surface area contributed by atoms with Crippen molar-refractivity contribution in [1.29, 1.82) is 0 Å². The van der Waals surface area contributed by atoms with Crippen molar-refractivity contribution in [3.63, 3.8) is 0 Å². The summed E-state index contributed by atoms with van der Waals surface area (Å²) in [6.07, 6.45) is 49.4. The number of benzene rings is 1. The van der Waals surface area contributed by atoms with Crippen LogP contribution in [0.1, 0.15) is 368 Å². The lowest BCUT2D eigenvalue weighted by molar-refractivity contribution is -0.158. The Kier molecular flexibility index (Phi) is 54.6. The zero-order valence-corrected chi connectivity index (χ0v) is 77.4. The summed E-state index contributed by atoms with van der Waals surface area (Å²) in [5.41, 5.74) is 0.986. The van der Waals surface area contributed by atoms with E-state index < -0.39 is 51.6 Å². The van der Waals surface area contributed by atoms with E-state index in [2.05, 4.69) is 13.8 Å². The number of carbonyl (C=O) groups is 4. The molecule has 2 aliphatic carbocycles. The fourth-order valence-electron chi connectivity index (χ4n) is 17.9. The van der Waals surface area contributed by atoms with Crippen LogP contribution in [-0.2, 0) is 90.3 Å². The van der Waals surface area contributed by atoms with Crippen molar-refractivity contribution in [2.45, 2.75) is 460 Å². The second kappa shape index (κ2) is 61.8. The summed E-state index contributed by atoms with van der Waals surface area (Å²) in [7, 11) is 4.25. The molecule has 23 heteroatoms. The molecule has 0 aromatic heterocycles. The number of hydrogen-bond donors (Lipinski definition) is 2. The van der Waals surface area contributed by atoms with E-state index in [-0.39, 0.29) is 137 Å². The third-order valence-electron chi connectivity index (χ3n) is 25.0. The molecule has 1 aromatic carbocycles. The maximum absolute atomic E-state index is 15.0. The van der Waals surface area contributed by atoms with Gasteiger partial charge in [0, 0.05) is 36.5 Å². The van der Waals surface area contributed by atoms with Crippen LogP contribution in [0.2, 0.25) is 0 Å². The number of aliphatic hydroxyl groups is 2. The van der Waals surface area contributed by atoms with Crippen molar-refractivity contribution >= 4 is 33.3 Å². The molecule has 14 atom stereocenters. The standard InChI is InChI=1S/C53H86O13S.C42H71FO8.C2H6/c1-8-9-10-11-12-17-20-23-26-42(62-37-58-4)44-33-35-46(64-44)47-36-34-45(65-47)43(63-38-59-5)27-24-21-18-15-13-14-16-19-22-25-28-48(66-67(56,57)41-31-29-39(2)30-32-41)49-40(3)50(54)52(60-6)53(61-7)51(49)55;1-5-6-7-8-9-15-18-21-24-32(44)34-26-28-36(50-34)37-29-27-35(51-37)33(45)25-22-19-16-13-11-10-12-14-17-20-23-31(43)38-30(2)39(46)41(48-3)42(49-4)40(38)47;1-2/h29-32,42-48H,8-28,33-38H2,1-7H3;31-37,44-45H,5-29H2,1-4H3;1-2H3/t42-,43?,44-,45-,46-,47-,48?;31?,32-,33?,34-,35-,36-,37-;/m00./s1/i;43-1;. The first-order valence-corrected chi connectivity index (χ1v) is 48.7. The number of aryl methyl sites for hydroxylation is 1. The van der Waals surface area contributed by atoms with Gasteiger partial charge in [-0.3, -0.25) is 23.4 Å². The van der Waals surface area contributed by atoms with E-state index in [0.29, 0.717) is 19.6 Å². The normalized spacial score (nSPS) is 22.5. The van der Waals surface area contributed by atoms with Gasteiger partial charge in [-0.25, -0.2) is 4.39 Å². The summed E-state index contributed by atoms with van der Waals surface area (Å²) in [5.74, 6) is -3.07. The van der Waals surface area contributed by atoms with E-state index in [9.17, 15) is 37.8 Å². The highest BCUT2D eigenvalue weighted by molar-refractivity contribution is 7.86. The molecule has 2 N–H and O–H groups in total. The summed E-state index contributed by atoms with van der Waals surface area (Å²) < 4.78 is 117. The second-order valence-electron chi connectivity index (χ2n) is 34.1. The molecule has 0 amide bonds. The quantitative estimate of drug-likeness (QED) is 0.0266. The Hall–Kier alpha value is -4.50. The fraction of sp³-hybridized carbons (Fsp3) is 0.814. The van der Waals surface area contributed by atoms with E-state index in [1.165, 1.54) is 157 Å². The van der Waals surface area contributed by atoms with Gasteiger partial charge in [-0.1, -0.05) is 277 Å². The lowest BCUT2D eigenvalue weighted by Crippen LogP contribution is -2.35. The largest absolute Gasteiger partial charge is 0.489 e. The molecule has 7 rings (SSSR count). The summed E-state index contributed by atoms with van der Waals surface area (Å²) in [6.45, 7) is 13.9. The number of ketones is 4. The molecule has 4 fully saturated rings. The van der Waals surface area contributed by atoms with E-state index in [1.54, 1.807) is 26.4 Å². The molecular formula is C97H163FO21S. The smallest absolute Gasteiger partial charge is 0.297 e. The molecule has 120 heavy (non-hydrogen) atoms. The Morgan fingerprint density at radius 3 is 1.00 bits per heavy atom. The van der Waals surface area contributed by atoms with Crippen molar-refractivity contribution in [3.8, 4) is 0 Å². The average Bonchev–Trinajstić information content (AvgIpc) is 1.12. The molecule has 0 saturated carbocycles. The number of halogens is 1. The molecular weight excluding hydrogens is 1550 g/mol. The molecule has 0 bridgehead atoms. The monoisotopic (exact) mass is 1710 g/mol. The number of carbonyl (C=O) groups excluding carboxylic acids is 4. The van der Waals surface area contributed by atoms with E-state index >= 15 is 4.39 Å². The predicted octanol–water partition coefficient (Wildman–Crippen LogP) is 21.7. The first-order valence-electron chi connectivity index (χ1n) is 47.3. The van der Waals surface area contributed by atoms with Gasteiger partial charge >= 0.3 is 0 Å². The van der Waals surface area contributed by atoms with E-state index in [0.717, 1.165) is 198 Å². The van der Waals surface area contributed by atoms with E-state index in [1.807, 2.05) is 20.8 Å². The van der Waals surface area contributed by atoms with Crippen LogP contribution >= 0.6 is 0 Å². The second-order valence-corrected chi connectivity index (χ2v) is 35.7. The minimum atomic E-state index is -4.25. The number of unbranched alkanes of at least 4 members (excludes halogenated alkanes) is 32.